The SMILES string of the molecule is CS1(OS(=O)(=O)C(F)(F)F)C=C(c2ccccc2)C1. The number of alkyl halides is 3. The summed E-state index contributed by atoms with van der Waals surface area (Å²) in [4.78, 5) is 0. The second-order valence-corrected chi connectivity index (χ2v) is 8.78. The Hall–Kier alpha value is -0.990. The van der Waals surface area contributed by atoms with Gasteiger partial charge in [0.05, 0.1) is 0 Å². The van der Waals surface area contributed by atoms with Crippen LogP contribution in [0.15, 0.2) is 35.7 Å². The predicted molar refractivity (Wildman–Crippen MR) is 68.9 cm³/mol. The molecule has 19 heavy (non-hydrogen) atoms. The first kappa shape index (κ1) is 14.4. The maximum Gasteiger partial charge on any atom is 0.523 e. The number of halogens is 3. The Bertz CT molecular complexity index is 608. The van der Waals surface area contributed by atoms with Crippen molar-refractivity contribution >= 4 is 26.0 Å². The van der Waals surface area contributed by atoms with Gasteiger partial charge in [0.2, 0.25) is 0 Å². The molecule has 1 aliphatic rings. The molecule has 1 aromatic rings. The van der Waals surface area contributed by atoms with Crippen molar-refractivity contribution in [2.75, 3.05) is 12.0 Å². The third-order valence-corrected chi connectivity index (χ3v) is 6.70. The molecule has 1 atom stereocenters. The third kappa shape index (κ3) is 2.96. The monoisotopic (exact) mass is 312 g/mol. The molecular weight excluding hydrogens is 301 g/mol. The van der Waals surface area contributed by atoms with E-state index in [-0.39, 0.29) is 5.75 Å². The predicted octanol–water partition coefficient (Wildman–Crippen LogP) is 3.26. The second kappa shape index (κ2) is 4.53. The molecule has 1 aliphatic heterocycles. The standard InChI is InChI=1S/C11H11F3O3S2/c1-18(17-19(15,16)11(12,13)14)7-10(8-18)9-5-3-2-4-6-9/h2-7H,8H2,1H3. The maximum atomic E-state index is 12.2. The van der Waals surface area contributed by atoms with Crippen LogP contribution in [0.1, 0.15) is 5.56 Å². The van der Waals surface area contributed by atoms with Crippen LogP contribution in [-0.2, 0) is 13.7 Å². The van der Waals surface area contributed by atoms with E-state index in [1.54, 1.807) is 12.1 Å². The first-order valence-electron chi connectivity index (χ1n) is 5.17. The first-order chi connectivity index (χ1) is 8.63. The molecule has 0 radical (unpaired) electrons. The molecule has 0 aliphatic carbocycles. The largest absolute Gasteiger partial charge is 0.523 e. The van der Waals surface area contributed by atoms with Crippen molar-refractivity contribution in [1.82, 2.24) is 0 Å². The van der Waals surface area contributed by atoms with Gasteiger partial charge in [-0.3, -0.25) is 0 Å². The van der Waals surface area contributed by atoms with E-state index in [4.69, 9.17) is 0 Å². The quantitative estimate of drug-likeness (QED) is 0.805. The van der Waals surface area contributed by atoms with E-state index in [9.17, 15) is 21.6 Å². The van der Waals surface area contributed by atoms with Gasteiger partial charge in [0.1, 0.15) is 0 Å². The Labute approximate surface area is 110 Å². The highest BCUT2D eigenvalue weighted by molar-refractivity contribution is 8.36. The second-order valence-electron chi connectivity index (χ2n) is 4.19. The van der Waals surface area contributed by atoms with Gasteiger partial charge in [-0.15, -0.1) is 0 Å². The fraction of sp³-hybridized carbons (Fsp3) is 0.273. The molecule has 0 saturated heterocycles. The van der Waals surface area contributed by atoms with Crippen LogP contribution in [0, 0.1) is 0 Å². The van der Waals surface area contributed by atoms with Crippen molar-refractivity contribution in [2.24, 2.45) is 0 Å². The summed E-state index contributed by atoms with van der Waals surface area (Å²) in [7, 11) is -7.88. The molecular formula is C11H11F3O3S2. The van der Waals surface area contributed by atoms with E-state index in [1.807, 2.05) is 18.2 Å². The topological polar surface area (TPSA) is 43.4 Å². The number of hydrogen-bond acceptors (Lipinski definition) is 3. The summed E-state index contributed by atoms with van der Waals surface area (Å²) in [5.74, 6) is 0.201. The minimum Gasteiger partial charge on any atom is -0.209 e. The molecule has 1 unspecified atom stereocenters. The van der Waals surface area contributed by atoms with E-state index in [0.29, 0.717) is 0 Å². The first-order valence-corrected chi connectivity index (χ1v) is 8.78. The van der Waals surface area contributed by atoms with E-state index < -0.39 is 25.9 Å². The van der Waals surface area contributed by atoms with Gasteiger partial charge < -0.3 is 0 Å². The highest BCUT2D eigenvalue weighted by atomic mass is 32.3. The lowest BCUT2D eigenvalue weighted by Gasteiger charge is -2.40. The van der Waals surface area contributed by atoms with Crippen molar-refractivity contribution in [2.45, 2.75) is 5.51 Å². The molecule has 2 rings (SSSR count). The number of hydrogen-bond donors (Lipinski definition) is 0. The van der Waals surface area contributed by atoms with Crippen molar-refractivity contribution in [3.05, 3.63) is 41.3 Å². The van der Waals surface area contributed by atoms with Crippen molar-refractivity contribution in [1.29, 1.82) is 0 Å². The Balaban J connectivity index is 2.16. The molecule has 0 saturated carbocycles. The lowest BCUT2D eigenvalue weighted by atomic mass is 10.1. The summed E-state index contributed by atoms with van der Waals surface area (Å²) in [6, 6.07) is 9.04. The Morgan fingerprint density at radius 2 is 1.74 bits per heavy atom. The van der Waals surface area contributed by atoms with Gasteiger partial charge in [-0.05, 0) is 22.8 Å². The van der Waals surface area contributed by atoms with Crippen LogP contribution in [0.3, 0.4) is 0 Å². The number of benzene rings is 1. The molecule has 0 bridgehead atoms. The van der Waals surface area contributed by atoms with E-state index in [0.717, 1.165) is 11.1 Å². The molecule has 3 nitrogen and oxygen atoms in total. The van der Waals surface area contributed by atoms with Gasteiger partial charge in [0.25, 0.3) is 0 Å². The van der Waals surface area contributed by atoms with Crippen LogP contribution in [0.2, 0.25) is 0 Å². The summed E-state index contributed by atoms with van der Waals surface area (Å²) in [6.45, 7) is 0. The smallest absolute Gasteiger partial charge is 0.209 e. The van der Waals surface area contributed by atoms with Crippen LogP contribution >= 0.6 is 10.3 Å². The summed E-state index contributed by atoms with van der Waals surface area (Å²) < 4.78 is 62.9. The summed E-state index contributed by atoms with van der Waals surface area (Å²) >= 11 is 0. The van der Waals surface area contributed by atoms with Gasteiger partial charge in [0.15, 0.2) is 0 Å². The third-order valence-electron chi connectivity index (χ3n) is 2.51. The lowest BCUT2D eigenvalue weighted by Crippen LogP contribution is -2.29. The normalized spacial score (nSPS) is 27.1. The van der Waals surface area contributed by atoms with Crippen molar-refractivity contribution in [3.63, 3.8) is 0 Å². The van der Waals surface area contributed by atoms with Crippen LogP contribution < -0.4 is 0 Å². The molecule has 1 aromatic carbocycles. The van der Waals surface area contributed by atoms with Crippen molar-refractivity contribution < 1.29 is 25.2 Å². The van der Waals surface area contributed by atoms with Gasteiger partial charge in [0, 0.05) is 5.75 Å². The average molecular weight is 312 g/mol. The molecule has 1 heterocycles. The summed E-state index contributed by atoms with van der Waals surface area (Å²) in [5, 5.41) is 1.48. The fourth-order valence-electron chi connectivity index (χ4n) is 1.68. The maximum absolute atomic E-state index is 12.2. The zero-order chi connectivity index (χ0) is 14.3. The van der Waals surface area contributed by atoms with Crippen molar-refractivity contribution in [3.8, 4) is 0 Å². The molecule has 106 valence electrons. The van der Waals surface area contributed by atoms with Gasteiger partial charge in [-0.2, -0.15) is 21.6 Å². The lowest BCUT2D eigenvalue weighted by molar-refractivity contribution is -0.0495. The molecule has 0 amide bonds. The Kier molecular flexibility index (Phi) is 3.44. The Morgan fingerprint density at radius 1 is 1.21 bits per heavy atom. The Morgan fingerprint density at radius 3 is 2.21 bits per heavy atom. The molecule has 0 aromatic heterocycles. The summed E-state index contributed by atoms with van der Waals surface area (Å²) in [6.07, 6.45) is 1.39. The minimum absolute atomic E-state index is 0.201. The minimum atomic E-state index is -5.53. The van der Waals surface area contributed by atoms with Crippen LogP contribution in [-0.4, -0.2) is 25.9 Å². The zero-order valence-corrected chi connectivity index (χ0v) is 11.5. The van der Waals surface area contributed by atoms with Crippen LogP contribution in [0.5, 0.6) is 0 Å². The van der Waals surface area contributed by atoms with Gasteiger partial charge in [-0.1, -0.05) is 40.6 Å². The number of rotatable bonds is 3. The van der Waals surface area contributed by atoms with Gasteiger partial charge >= 0.3 is 15.6 Å². The summed E-state index contributed by atoms with van der Waals surface area (Å²) in [5.41, 5.74) is -3.71. The molecule has 8 heteroatoms. The molecule has 0 N–H and O–H groups in total. The van der Waals surface area contributed by atoms with E-state index in [2.05, 4.69) is 3.63 Å². The fourth-order valence-corrected chi connectivity index (χ4v) is 5.45. The zero-order valence-electron chi connectivity index (χ0n) is 9.85. The van der Waals surface area contributed by atoms with E-state index >= 15 is 0 Å². The van der Waals surface area contributed by atoms with Crippen LogP contribution in [0.4, 0.5) is 13.2 Å². The van der Waals surface area contributed by atoms with Crippen LogP contribution in [0.25, 0.3) is 5.57 Å². The highest BCUT2D eigenvalue weighted by Gasteiger charge is 2.51. The highest BCUT2D eigenvalue weighted by Crippen LogP contribution is 2.61. The van der Waals surface area contributed by atoms with E-state index in [1.165, 1.54) is 11.7 Å². The molecule has 0 fully saturated rings. The molecule has 0 spiro atoms. The van der Waals surface area contributed by atoms with Gasteiger partial charge in [-0.25, -0.2) is 3.63 Å². The average Bonchev–Trinajstić information content (AvgIpc) is 2.24.